The first kappa shape index (κ1) is 14.9. The lowest BCUT2D eigenvalue weighted by Gasteiger charge is -2.30. The van der Waals surface area contributed by atoms with E-state index >= 15 is 0 Å². The number of nitriles is 1. The predicted molar refractivity (Wildman–Crippen MR) is 85.3 cm³/mol. The summed E-state index contributed by atoms with van der Waals surface area (Å²) in [4.78, 5) is 14.0. The standard InChI is InChI=1S/C15H15IN2O2/c1-2-18-14(8-7-13(16)15(18)19)11-3-5-12(6-4-11)20-10-9-17/h3-6,8,13H,2,7,10H2,1H3. The number of hydrogen-bond donors (Lipinski definition) is 0. The Morgan fingerprint density at radius 1 is 1.45 bits per heavy atom. The molecule has 1 heterocycles. The number of carbonyl (C=O) groups is 1. The molecule has 1 amide bonds. The molecule has 1 unspecified atom stereocenters. The molecule has 5 heteroatoms. The third-order valence-corrected chi connectivity index (χ3v) is 4.15. The zero-order chi connectivity index (χ0) is 14.5. The summed E-state index contributed by atoms with van der Waals surface area (Å²) >= 11 is 2.18. The molecule has 0 saturated carbocycles. The summed E-state index contributed by atoms with van der Waals surface area (Å²) in [7, 11) is 0. The van der Waals surface area contributed by atoms with E-state index in [1.165, 1.54) is 0 Å². The number of ether oxygens (including phenoxy) is 1. The van der Waals surface area contributed by atoms with E-state index in [9.17, 15) is 4.79 Å². The average Bonchev–Trinajstić information content (AvgIpc) is 2.48. The lowest BCUT2D eigenvalue weighted by atomic mass is 10.0. The van der Waals surface area contributed by atoms with Crippen molar-refractivity contribution in [2.24, 2.45) is 0 Å². The summed E-state index contributed by atoms with van der Waals surface area (Å²) in [6, 6.07) is 9.41. The van der Waals surface area contributed by atoms with Crippen molar-refractivity contribution in [3.63, 3.8) is 0 Å². The minimum Gasteiger partial charge on any atom is -0.479 e. The zero-order valence-corrected chi connectivity index (χ0v) is 13.3. The van der Waals surface area contributed by atoms with Crippen molar-refractivity contribution in [2.75, 3.05) is 13.2 Å². The van der Waals surface area contributed by atoms with E-state index in [0.29, 0.717) is 12.3 Å². The second-order valence-electron chi connectivity index (χ2n) is 4.35. The lowest BCUT2D eigenvalue weighted by Crippen LogP contribution is -2.37. The van der Waals surface area contributed by atoms with Crippen molar-refractivity contribution in [1.29, 1.82) is 5.26 Å². The first-order chi connectivity index (χ1) is 9.67. The molecule has 0 N–H and O–H groups in total. The Balaban J connectivity index is 2.22. The predicted octanol–water partition coefficient (Wildman–Crippen LogP) is 2.99. The quantitative estimate of drug-likeness (QED) is 0.594. The van der Waals surface area contributed by atoms with Crippen LogP contribution in [-0.4, -0.2) is 27.9 Å². The van der Waals surface area contributed by atoms with Crippen LogP contribution in [0, 0.1) is 11.3 Å². The van der Waals surface area contributed by atoms with E-state index in [0.717, 1.165) is 17.7 Å². The maximum Gasteiger partial charge on any atom is 0.240 e. The van der Waals surface area contributed by atoms with Crippen molar-refractivity contribution in [3.8, 4) is 11.8 Å². The summed E-state index contributed by atoms with van der Waals surface area (Å²) in [5, 5.41) is 8.48. The van der Waals surface area contributed by atoms with Gasteiger partial charge in [-0.25, -0.2) is 0 Å². The molecule has 0 aromatic heterocycles. The smallest absolute Gasteiger partial charge is 0.240 e. The Hall–Kier alpha value is -1.55. The van der Waals surface area contributed by atoms with Gasteiger partial charge in [0.05, 0.1) is 3.92 Å². The van der Waals surface area contributed by atoms with Gasteiger partial charge in [-0.2, -0.15) is 5.26 Å². The summed E-state index contributed by atoms with van der Waals surface area (Å²) in [6.07, 6.45) is 2.87. The maximum atomic E-state index is 12.2. The summed E-state index contributed by atoms with van der Waals surface area (Å²) in [5.41, 5.74) is 1.95. The molecule has 1 aliphatic heterocycles. The largest absolute Gasteiger partial charge is 0.479 e. The first-order valence-electron chi connectivity index (χ1n) is 6.43. The number of halogens is 1. The van der Waals surface area contributed by atoms with Crippen LogP contribution in [0.15, 0.2) is 30.3 Å². The molecule has 0 spiro atoms. The number of nitrogens with zero attached hydrogens (tertiary/aromatic N) is 2. The maximum absolute atomic E-state index is 12.2. The van der Waals surface area contributed by atoms with Crippen LogP contribution in [0.1, 0.15) is 18.9 Å². The van der Waals surface area contributed by atoms with Gasteiger partial charge in [0.2, 0.25) is 5.91 Å². The zero-order valence-electron chi connectivity index (χ0n) is 11.2. The van der Waals surface area contributed by atoms with Crippen molar-refractivity contribution in [2.45, 2.75) is 17.3 Å². The van der Waals surface area contributed by atoms with Crippen LogP contribution in [0.4, 0.5) is 0 Å². The molecular formula is C15H15IN2O2. The van der Waals surface area contributed by atoms with E-state index in [2.05, 4.69) is 28.7 Å². The molecule has 2 rings (SSSR count). The minimum absolute atomic E-state index is 0.0227. The van der Waals surface area contributed by atoms with Crippen LogP contribution in [0.2, 0.25) is 0 Å². The average molecular weight is 382 g/mol. The number of alkyl halides is 1. The highest BCUT2D eigenvalue weighted by molar-refractivity contribution is 14.1. The lowest BCUT2D eigenvalue weighted by molar-refractivity contribution is -0.127. The van der Waals surface area contributed by atoms with Gasteiger partial charge in [0, 0.05) is 12.2 Å². The van der Waals surface area contributed by atoms with E-state index in [1.807, 2.05) is 42.2 Å². The second-order valence-corrected chi connectivity index (χ2v) is 5.85. The molecule has 104 valence electrons. The molecular weight excluding hydrogens is 367 g/mol. The Kier molecular flexibility index (Phi) is 5.01. The summed E-state index contributed by atoms with van der Waals surface area (Å²) in [5.74, 6) is 0.822. The fourth-order valence-electron chi connectivity index (χ4n) is 2.15. The van der Waals surface area contributed by atoms with Crippen LogP contribution in [0.3, 0.4) is 0 Å². The number of amides is 1. The highest BCUT2D eigenvalue weighted by atomic mass is 127. The Bertz CT molecular complexity index is 560. The van der Waals surface area contributed by atoms with Crippen molar-refractivity contribution < 1.29 is 9.53 Å². The van der Waals surface area contributed by atoms with E-state index in [1.54, 1.807) is 0 Å². The van der Waals surface area contributed by atoms with Gasteiger partial charge in [-0.15, -0.1) is 0 Å². The topological polar surface area (TPSA) is 53.3 Å². The third kappa shape index (κ3) is 3.12. The fourth-order valence-corrected chi connectivity index (χ4v) is 2.74. The molecule has 20 heavy (non-hydrogen) atoms. The van der Waals surface area contributed by atoms with Crippen LogP contribution < -0.4 is 4.74 Å². The van der Waals surface area contributed by atoms with Crippen molar-refractivity contribution in [3.05, 3.63) is 35.9 Å². The highest BCUT2D eigenvalue weighted by Gasteiger charge is 2.27. The van der Waals surface area contributed by atoms with E-state index in [-0.39, 0.29) is 16.4 Å². The monoisotopic (exact) mass is 382 g/mol. The fraction of sp³-hybridized carbons (Fsp3) is 0.333. The molecule has 0 saturated heterocycles. The van der Waals surface area contributed by atoms with Gasteiger partial charge in [0.1, 0.15) is 11.8 Å². The number of rotatable bonds is 4. The summed E-state index contributed by atoms with van der Waals surface area (Å²) in [6.45, 7) is 2.68. The molecule has 4 nitrogen and oxygen atoms in total. The Labute approximate surface area is 132 Å². The van der Waals surface area contributed by atoms with Crippen molar-refractivity contribution in [1.82, 2.24) is 4.90 Å². The van der Waals surface area contributed by atoms with Gasteiger partial charge in [-0.05, 0) is 43.2 Å². The molecule has 1 aliphatic rings. The number of allylic oxidation sites excluding steroid dienone is 1. The van der Waals surface area contributed by atoms with E-state index in [4.69, 9.17) is 10.00 Å². The molecule has 0 radical (unpaired) electrons. The number of benzene rings is 1. The molecule has 1 aromatic carbocycles. The van der Waals surface area contributed by atoms with Crippen LogP contribution in [0.25, 0.3) is 5.70 Å². The van der Waals surface area contributed by atoms with Gasteiger partial charge in [0.25, 0.3) is 0 Å². The van der Waals surface area contributed by atoms with Gasteiger partial charge < -0.3 is 9.64 Å². The van der Waals surface area contributed by atoms with Crippen LogP contribution >= 0.6 is 22.6 Å². The highest BCUT2D eigenvalue weighted by Crippen LogP contribution is 2.29. The SMILES string of the molecule is CCN1C(=O)C(I)CC=C1c1ccc(OCC#N)cc1. The minimum atomic E-state index is 0.0227. The van der Waals surface area contributed by atoms with Gasteiger partial charge in [0.15, 0.2) is 6.61 Å². The van der Waals surface area contributed by atoms with Crippen molar-refractivity contribution >= 4 is 34.2 Å². The van der Waals surface area contributed by atoms with Gasteiger partial charge >= 0.3 is 0 Å². The Morgan fingerprint density at radius 2 is 2.15 bits per heavy atom. The van der Waals surface area contributed by atoms with Crippen LogP contribution in [-0.2, 0) is 4.79 Å². The van der Waals surface area contributed by atoms with Crippen LogP contribution in [0.5, 0.6) is 5.75 Å². The first-order valence-corrected chi connectivity index (χ1v) is 7.67. The Morgan fingerprint density at radius 3 is 2.75 bits per heavy atom. The molecule has 0 bridgehead atoms. The van der Waals surface area contributed by atoms with Gasteiger partial charge in [-0.1, -0.05) is 28.7 Å². The number of hydrogen-bond acceptors (Lipinski definition) is 3. The number of carbonyl (C=O) groups excluding carboxylic acids is 1. The second kappa shape index (κ2) is 6.75. The molecule has 1 atom stereocenters. The third-order valence-electron chi connectivity index (χ3n) is 3.11. The normalized spacial score (nSPS) is 18.4. The van der Waals surface area contributed by atoms with E-state index < -0.39 is 0 Å². The van der Waals surface area contributed by atoms with Gasteiger partial charge in [-0.3, -0.25) is 4.79 Å². The molecule has 0 aliphatic carbocycles. The molecule has 0 fully saturated rings. The summed E-state index contributed by atoms with van der Waals surface area (Å²) < 4.78 is 5.25. The molecule has 1 aromatic rings.